The molecule has 1 heterocycles. The molecule has 0 aliphatic carbocycles. The van der Waals surface area contributed by atoms with Crippen molar-refractivity contribution in [3.8, 4) is 0 Å². The molecule has 1 unspecified atom stereocenters. The highest BCUT2D eigenvalue weighted by Crippen LogP contribution is 2.29. The molecule has 4 rings (SSSR count). The van der Waals surface area contributed by atoms with Crippen molar-refractivity contribution in [3.05, 3.63) is 90.0 Å². The van der Waals surface area contributed by atoms with E-state index in [-0.39, 0.29) is 73.2 Å². The molecule has 1 aliphatic heterocycles. The lowest BCUT2D eigenvalue weighted by molar-refractivity contribution is -0.147. The van der Waals surface area contributed by atoms with E-state index in [9.17, 15) is 48.3 Å². The first kappa shape index (κ1) is 73.0. The van der Waals surface area contributed by atoms with Gasteiger partial charge in [0, 0.05) is 51.1 Å². The Morgan fingerprint density at radius 2 is 1.23 bits per heavy atom. The average Bonchev–Trinajstić information content (AvgIpc) is 1.90. The fourth-order valence-corrected chi connectivity index (χ4v) is 11.1. The Morgan fingerprint density at radius 1 is 0.670 bits per heavy atom. The fraction of sp³-hybridized carbons (Fsp3) is 0.585. The number of likely N-dealkylation sites (tertiary alicyclic amines) is 1. The molecule has 0 saturated carbocycles. The summed E-state index contributed by atoms with van der Waals surface area (Å²) in [5, 5.41) is 31.5. The third-order valence-electron chi connectivity index (χ3n) is 16.3. The number of methoxy groups -OCH3 is 1. The Morgan fingerprint density at radius 3 is 1.75 bits per heavy atom. The number of anilines is 3. The summed E-state index contributed by atoms with van der Waals surface area (Å²) < 4.78 is 11.5. The summed E-state index contributed by atoms with van der Waals surface area (Å²) in [6, 6.07) is 16.6. The number of aliphatic hydroxyl groups is 1. The number of likely N-dealkylation sites (N-methyl/N-ethyl adjacent to an activating group) is 2. The molecular weight excluding hydrogens is 1130 g/mol. The predicted molar refractivity (Wildman–Crippen MR) is 339 cm³/mol. The van der Waals surface area contributed by atoms with E-state index in [0.717, 1.165) is 5.56 Å². The Balaban J connectivity index is 1.37. The monoisotopic (exact) mass is 1230 g/mol. The van der Waals surface area contributed by atoms with Crippen LogP contribution in [0.25, 0.3) is 0 Å². The molecule has 11 atom stereocenters. The summed E-state index contributed by atoms with van der Waals surface area (Å²) in [6.45, 7) is 18.6. The normalized spacial score (nSPS) is 16.6. The van der Waals surface area contributed by atoms with Crippen LogP contribution >= 0.6 is 0 Å². The molecule has 0 bridgehead atoms. The Bertz CT molecular complexity index is 2760. The van der Waals surface area contributed by atoms with Crippen LogP contribution < -0.4 is 43.0 Å². The third kappa shape index (κ3) is 21.7. The first-order chi connectivity index (χ1) is 41.6. The van der Waals surface area contributed by atoms with Crippen molar-refractivity contribution < 1.29 is 57.7 Å². The van der Waals surface area contributed by atoms with Crippen molar-refractivity contribution in [3.63, 3.8) is 0 Å². The van der Waals surface area contributed by atoms with Crippen LogP contribution in [0.5, 0.6) is 0 Å². The van der Waals surface area contributed by atoms with E-state index in [2.05, 4.69) is 37.2 Å². The highest BCUT2D eigenvalue weighted by molar-refractivity contribution is 5.99. The molecule has 9 amide bonds. The lowest BCUT2D eigenvalue weighted by atomic mass is 9.89. The van der Waals surface area contributed by atoms with Gasteiger partial charge >= 0.3 is 6.09 Å². The standard InChI is InChI=1S/C65H99N11O12/c1-15-41(8)57(75(13)64(85)55(39(4)5)73-63(84)56(40(6)7)74(11)12)52(87-14)36-53(78)76-34-20-24-51(76)58(79)42(9)59(80)72-50(35-44-21-17-16-18-22-44)61(82)69-47-29-31-48(32-30-47)70-65(86)88-37-45-25-27-46(28-26-45)68-60(81)49(23-19-33-66)71-62(83)54(38(2)3)67-43(10)77/h16-18,21-22,25-32,38-42,49-52,54-58,79H,15,19-20,23-24,33-37,66H2,1-14H3,(H,67,77)(H,68,81)(H,69,82)(H,70,86)(H,71,83)(H,72,80)(H,73,84)/t41-,42+,49-,50-,51-,52+,54-,55+,56?,57-,58+/m0/s1. The lowest BCUT2D eigenvalue weighted by Crippen LogP contribution is -2.59. The van der Waals surface area contributed by atoms with Crippen LogP contribution in [0.1, 0.15) is 119 Å². The maximum atomic E-state index is 14.4. The zero-order valence-electron chi connectivity index (χ0n) is 54.0. The predicted octanol–water partition coefficient (Wildman–Crippen LogP) is 5.42. The van der Waals surface area contributed by atoms with Gasteiger partial charge in [-0.05, 0) is 118 Å². The van der Waals surface area contributed by atoms with Crippen LogP contribution in [0.2, 0.25) is 0 Å². The number of hydrogen-bond acceptors (Lipinski definition) is 14. The molecule has 0 spiro atoms. The van der Waals surface area contributed by atoms with Gasteiger partial charge in [-0.3, -0.25) is 48.6 Å². The lowest BCUT2D eigenvalue weighted by Gasteiger charge is -2.41. The average molecular weight is 1230 g/mol. The number of nitrogens with two attached hydrogens (primary N) is 1. The van der Waals surface area contributed by atoms with Crippen molar-refractivity contribution in [2.45, 2.75) is 175 Å². The summed E-state index contributed by atoms with van der Waals surface area (Å²) in [4.78, 5) is 127. The van der Waals surface area contributed by atoms with Crippen LogP contribution in [0, 0.1) is 29.6 Å². The Kier molecular flexibility index (Phi) is 29.5. The molecule has 3 aromatic rings. The quantitative estimate of drug-likeness (QED) is 0.0368. The van der Waals surface area contributed by atoms with E-state index in [1.807, 2.05) is 90.9 Å². The molecule has 0 aromatic heterocycles. The molecule has 88 heavy (non-hydrogen) atoms. The van der Waals surface area contributed by atoms with Crippen LogP contribution in [-0.2, 0) is 60.9 Å². The van der Waals surface area contributed by atoms with E-state index in [1.165, 1.54) is 14.0 Å². The number of carbonyl (C=O) groups is 9. The number of aliphatic hydroxyl groups excluding tert-OH is 1. The summed E-state index contributed by atoms with van der Waals surface area (Å²) in [5.41, 5.74) is 8.24. The molecule has 1 fully saturated rings. The molecular formula is C65H99N11O12. The van der Waals surface area contributed by atoms with Crippen molar-refractivity contribution in [1.82, 2.24) is 36.0 Å². The molecule has 1 aliphatic rings. The molecule has 23 heteroatoms. The van der Waals surface area contributed by atoms with Gasteiger partial charge in [0.2, 0.25) is 47.3 Å². The minimum Gasteiger partial charge on any atom is -0.444 e. The largest absolute Gasteiger partial charge is 0.444 e. The number of hydrogen-bond donors (Lipinski definition) is 9. The van der Waals surface area contributed by atoms with Gasteiger partial charge in [-0.15, -0.1) is 0 Å². The summed E-state index contributed by atoms with van der Waals surface area (Å²) in [7, 11) is 6.84. The summed E-state index contributed by atoms with van der Waals surface area (Å²) >= 11 is 0. The summed E-state index contributed by atoms with van der Waals surface area (Å²) in [6.07, 6.45) is -0.413. The van der Waals surface area contributed by atoms with E-state index in [1.54, 1.807) is 86.1 Å². The van der Waals surface area contributed by atoms with E-state index >= 15 is 0 Å². The second kappa shape index (κ2) is 35.5. The van der Waals surface area contributed by atoms with Crippen LogP contribution in [0.3, 0.4) is 0 Å². The smallest absolute Gasteiger partial charge is 0.411 e. The van der Waals surface area contributed by atoms with Gasteiger partial charge in [0.05, 0.1) is 42.7 Å². The van der Waals surface area contributed by atoms with E-state index < -0.39 is 90.1 Å². The number of carbonyl (C=O) groups excluding carboxylic acids is 9. The topological polar surface area (TPSA) is 312 Å². The molecule has 0 radical (unpaired) electrons. The second-order valence-corrected chi connectivity index (χ2v) is 24.4. The van der Waals surface area contributed by atoms with Gasteiger partial charge in [0.25, 0.3) is 0 Å². The zero-order chi connectivity index (χ0) is 65.5. The van der Waals surface area contributed by atoms with Crippen molar-refractivity contribution in [1.29, 1.82) is 0 Å². The number of ether oxygens (including phenoxy) is 2. The summed E-state index contributed by atoms with van der Waals surface area (Å²) in [5.74, 6) is -4.96. The number of rotatable bonds is 33. The van der Waals surface area contributed by atoms with Crippen LogP contribution in [0.15, 0.2) is 78.9 Å². The first-order valence-corrected chi connectivity index (χ1v) is 30.7. The van der Waals surface area contributed by atoms with Gasteiger partial charge in [-0.2, -0.15) is 0 Å². The van der Waals surface area contributed by atoms with E-state index in [0.29, 0.717) is 61.4 Å². The first-order valence-electron chi connectivity index (χ1n) is 30.7. The van der Waals surface area contributed by atoms with Gasteiger partial charge in [0.1, 0.15) is 30.8 Å². The zero-order valence-corrected chi connectivity index (χ0v) is 54.0. The highest BCUT2D eigenvalue weighted by Gasteiger charge is 2.43. The van der Waals surface area contributed by atoms with Gasteiger partial charge < -0.3 is 62.0 Å². The minimum absolute atomic E-state index is 0.00667. The van der Waals surface area contributed by atoms with Gasteiger partial charge in [-0.1, -0.05) is 111 Å². The second-order valence-electron chi connectivity index (χ2n) is 24.4. The number of amides is 9. The minimum atomic E-state index is -1.31. The number of nitrogens with zero attached hydrogens (tertiary/aromatic N) is 3. The molecule has 10 N–H and O–H groups in total. The molecule has 23 nitrogen and oxygen atoms in total. The number of nitrogens with one attached hydrogen (secondary N) is 7. The SMILES string of the molecule is CC[C@H](C)[C@@H]([C@@H](CC(=O)N1CCC[C@H]1[C@H](O)[C@@H](C)C(=O)N[C@@H](Cc1ccccc1)C(=O)Nc1ccc(NC(=O)OCc2ccc(NC(=O)[C@H](CCCN)NC(=O)[C@@H](NC(C)=O)C(C)C)cc2)cc1)OC)N(C)C(=O)[C@H](NC(=O)C(C(C)C)N(C)C)C(C)C. The maximum absolute atomic E-state index is 14.4. The van der Waals surface area contributed by atoms with Gasteiger partial charge in [-0.25, -0.2) is 4.79 Å². The van der Waals surface area contributed by atoms with Crippen molar-refractivity contribution in [2.24, 2.45) is 35.3 Å². The van der Waals surface area contributed by atoms with E-state index in [4.69, 9.17) is 15.2 Å². The van der Waals surface area contributed by atoms with Crippen molar-refractivity contribution in [2.75, 3.05) is 57.3 Å². The maximum Gasteiger partial charge on any atom is 0.411 e. The van der Waals surface area contributed by atoms with Crippen molar-refractivity contribution >= 4 is 70.4 Å². The molecule has 3 aromatic carbocycles. The Hall–Kier alpha value is -7.47. The fourth-order valence-electron chi connectivity index (χ4n) is 11.1. The molecule has 1 saturated heterocycles. The molecule has 486 valence electrons. The number of benzene rings is 3. The van der Waals surface area contributed by atoms with Gasteiger partial charge in [0.15, 0.2) is 0 Å². The highest BCUT2D eigenvalue weighted by atomic mass is 16.5. The van der Waals surface area contributed by atoms with Crippen LogP contribution in [-0.4, -0.2) is 169 Å². The Labute approximate surface area is 520 Å². The third-order valence-corrected chi connectivity index (χ3v) is 16.3. The van der Waals surface area contributed by atoms with Crippen LogP contribution in [0.4, 0.5) is 21.9 Å².